The van der Waals surface area contributed by atoms with Gasteiger partial charge in [0.2, 0.25) is 6.79 Å². The van der Waals surface area contributed by atoms with Gasteiger partial charge in [-0.15, -0.1) is 0 Å². The van der Waals surface area contributed by atoms with Crippen molar-refractivity contribution in [1.29, 1.82) is 0 Å². The van der Waals surface area contributed by atoms with Crippen LogP contribution in [0.2, 0.25) is 0 Å². The SMILES string of the molecule is O=C(c1ccc2c(c1)OCO2)N1CCO[C@H]2C[C@H](CO)C[C@@H]21. The number of ether oxygens (including phenoxy) is 3. The van der Waals surface area contributed by atoms with Crippen molar-refractivity contribution in [1.82, 2.24) is 4.90 Å². The van der Waals surface area contributed by atoms with Crippen LogP contribution in [-0.2, 0) is 4.74 Å². The van der Waals surface area contributed by atoms with Crippen LogP contribution in [0.25, 0.3) is 0 Å². The Balaban J connectivity index is 1.56. The van der Waals surface area contributed by atoms with E-state index < -0.39 is 0 Å². The number of benzene rings is 1. The largest absolute Gasteiger partial charge is 0.454 e. The molecule has 0 spiro atoms. The van der Waals surface area contributed by atoms with Gasteiger partial charge in [0.15, 0.2) is 11.5 Å². The van der Waals surface area contributed by atoms with Crippen LogP contribution in [-0.4, -0.2) is 54.6 Å². The van der Waals surface area contributed by atoms with Crippen molar-refractivity contribution in [2.45, 2.75) is 25.0 Å². The highest BCUT2D eigenvalue weighted by atomic mass is 16.7. The molecule has 3 atom stereocenters. The zero-order valence-corrected chi connectivity index (χ0v) is 12.2. The number of carbonyl (C=O) groups excluding carboxylic acids is 1. The van der Waals surface area contributed by atoms with Gasteiger partial charge in [-0.2, -0.15) is 0 Å². The first-order valence-corrected chi connectivity index (χ1v) is 7.69. The molecule has 0 bridgehead atoms. The van der Waals surface area contributed by atoms with Crippen molar-refractivity contribution in [3.05, 3.63) is 23.8 Å². The topological polar surface area (TPSA) is 68.2 Å². The maximum atomic E-state index is 12.8. The molecule has 1 N–H and O–H groups in total. The second-order valence-electron chi connectivity index (χ2n) is 6.06. The molecular weight excluding hydrogens is 286 g/mol. The number of aliphatic hydroxyl groups is 1. The number of fused-ring (bicyclic) bond motifs is 2. The molecule has 1 saturated heterocycles. The van der Waals surface area contributed by atoms with Crippen LogP contribution >= 0.6 is 0 Å². The van der Waals surface area contributed by atoms with E-state index >= 15 is 0 Å². The quantitative estimate of drug-likeness (QED) is 0.884. The Morgan fingerprint density at radius 1 is 1.27 bits per heavy atom. The number of morpholine rings is 1. The van der Waals surface area contributed by atoms with E-state index in [1.54, 1.807) is 18.2 Å². The number of amides is 1. The maximum Gasteiger partial charge on any atom is 0.254 e. The van der Waals surface area contributed by atoms with Crippen LogP contribution in [0, 0.1) is 5.92 Å². The van der Waals surface area contributed by atoms with Crippen molar-refractivity contribution in [3.63, 3.8) is 0 Å². The highest BCUT2D eigenvalue weighted by molar-refractivity contribution is 5.95. The molecule has 3 aliphatic rings. The summed E-state index contributed by atoms with van der Waals surface area (Å²) in [6, 6.07) is 5.36. The summed E-state index contributed by atoms with van der Waals surface area (Å²) in [5.74, 6) is 1.52. The van der Waals surface area contributed by atoms with E-state index in [9.17, 15) is 9.90 Å². The molecule has 1 aliphatic carbocycles. The van der Waals surface area contributed by atoms with Crippen LogP contribution in [0.5, 0.6) is 11.5 Å². The predicted molar refractivity (Wildman–Crippen MR) is 76.9 cm³/mol. The van der Waals surface area contributed by atoms with Gasteiger partial charge in [-0.1, -0.05) is 0 Å². The van der Waals surface area contributed by atoms with E-state index in [1.165, 1.54) is 0 Å². The zero-order valence-electron chi connectivity index (χ0n) is 12.2. The average molecular weight is 305 g/mol. The van der Waals surface area contributed by atoms with Crippen LogP contribution in [0.15, 0.2) is 18.2 Å². The third-order valence-electron chi connectivity index (χ3n) is 4.77. The van der Waals surface area contributed by atoms with Crippen LogP contribution < -0.4 is 9.47 Å². The molecule has 2 aliphatic heterocycles. The first-order valence-electron chi connectivity index (χ1n) is 7.69. The third-order valence-corrected chi connectivity index (χ3v) is 4.77. The highest BCUT2D eigenvalue weighted by Gasteiger charge is 2.42. The Bertz CT molecular complexity index is 590. The molecule has 6 nitrogen and oxygen atoms in total. The summed E-state index contributed by atoms with van der Waals surface area (Å²) in [5.41, 5.74) is 0.609. The predicted octanol–water partition coefficient (Wildman–Crippen LogP) is 1.03. The highest BCUT2D eigenvalue weighted by Crippen LogP contribution is 2.36. The summed E-state index contributed by atoms with van der Waals surface area (Å²) in [4.78, 5) is 14.7. The standard InChI is InChI=1S/C16H19NO5/c18-8-10-5-12-14(6-10)20-4-3-17(12)16(19)11-1-2-13-15(7-11)22-9-21-13/h1-2,7,10,12,14,18H,3-6,8-9H2/t10-,12+,14+/m1/s1. The molecule has 1 aromatic rings. The lowest BCUT2D eigenvalue weighted by molar-refractivity contribution is -0.0448. The van der Waals surface area contributed by atoms with Crippen LogP contribution in [0.3, 0.4) is 0 Å². The second-order valence-corrected chi connectivity index (χ2v) is 6.06. The second kappa shape index (κ2) is 5.44. The molecule has 1 aromatic carbocycles. The van der Waals surface area contributed by atoms with Gasteiger partial charge in [0, 0.05) is 18.7 Å². The van der Waals surface area contributed by atoms with Gasteiger partial charge in [-0.05, 0) is 37.0 Å². The molecule has 4 rings (SSSR count). The van der Waals surface area contributed by atoms with Gasteiger partial charge in [-0.3, -0.25) is 4.79 Å². The van der Waals surface area contributed by atoms with Gasteiger partial charge < -0.3 is 24.2 Å². The molecular formula is C16H19NO5. The summed E-state index contributed by atoms with van der Waals surface area (Å²) in [6.07, 6.45) is 1.67. The summed E-state index contributed by atoms with van der Waals surface area (Å²) < 4.78 is 16.4. The van der Waals surface area contributed by atoms with Crippen LogP contribution in [0.1, 0.15) is 23.2 Å². The zero-order chi connectivity index (χ0) is 15.1. The minimum atomic E-state index is -0.00445. The van der Waals surface area contributed by atoms with Crippen molar-refractivity contribution in [3.8, 4) is 11.5 Å². The molecule has 2 fully saturated rings. The summed E-state index contributed by atoms with van der Waals surface area (Å²) >= 11 is 0. The Morgan fingerprint density at radius 2 is 2.14 bits per heavy atom. The number of aliphatic hydroxyl groups excluding tert-OH is 1. The Labute approximate surface area is 128 Å². The minimum absolute atomic E-state index is 0.00445. The third kappa shape index (κ3) is 2.23. The van der Waals surface area contributed by atoms with E-state index in [1.807, 2.05) is 4.90 Å². The molecule has 0 radical (unpaired) electrons. The summed E-state index contributed by atoms with van der Waals surface area (Å²) in [6.45, 7) is 1.50. The van der Waals surface area contributed by atoms with Crippen LogP contribution in [0.4, 0.5) is 0 Å². The lowest BCUT2D eigenvalue weighted by atomic mass is 10.1. The number of hydrogen-bond acceptors (Lipinski definition) is 5. The first kappa shape index (κ1) is 13.8. The number of nitrogens with zero attached hydrogens (tertiary/aromatic N) is 1. The van der Waals surface area contributed by atoms with E-state index in [2.05, 4.69) is 0 Å². The van der Waals surface area contributed by atoms with Gasteiger partial charge in [0.25, 0.3) is 5.91 Å². The van der Waals surface area contributed by atoms with E-state index in [0.717, 1.165) is 12.8 Å². The van der Waals surface area contributed by atoms with Crippen molar-refractivity contribution in [2.24, 2.45) is 5.92 Å². The molecule has 1 saturated carbocycles. The van der Waals surface area contributed by atoms with Gasteiger partial charge >= 0.3 is 0 Å². The average Bonchev–Trinajstić information content (AvgIpc) is 3.18. The van der Waals surface area contributed by atoms with E-state index in [0.29, 0.717) is 30.2 Å². The molecule has 118 valence electrons. The Morgan fingerprint density at radius 3 is 3.00 bits per heavy atom. The molecule has 22 heavy (non-hydrogen) atoms. The maximum absolute atomic E-state index is 12.8. The molecule has 0 unspecified atom stereocenters. The fraction of sp³-hybridized carbons (Fsp3) is 0.562. The molecule has 1 amide bonds. The fourth-order valence-corrected chi connectivity index (χ4v) is 3.65. The summed E-state index contributed by atoms with van der Waals surface area (Å²) in [5, 5.41) is 9.37. The molecule has 2 heterocycles. The van der Waals surface area contributed by atoms with E-state index in [-0.39, 0.29) is 37.4 Å². The molecule has 0 aromatic heterocycles. The normalized spacial score (nSPS) is 29.5. The lowest BCUT2D eigenvalue weighted by Gasteiger charge is -2.37. The van der Waals surface area contributed by atoms with Gasteiger partial charge in [-0.25, -0.2) is 0 Å². The monoisotopic (exact) mass is 305 g/mol. The Hall–Kier alpha value is -1.79. The van der Waals surface area contributed by atoms with Crippen molar-refractivity contribution >= 4 is 5.91 Å². The van der Waals surface area contributed by atoms with Crippen molar-refractivity contribution in [2.75, 3.05) is 26.6 Å². The van der Waals surface area contributed by atoms with Crippen molar-refractivity contribution < 1.29 is 24.1 Å². The minimum Gasteiger partial charge on any atom is -0.454 e. The fourth-order valence-electron chi connectivity index (χ4n) is 3.65. The number of carbonyl (C=O) groups is 1. The molecule has 6 heteroatoms. The van der Waals surface area contributed by atoms with Gasteiger partial charge in [0.05, 0.1) is 18.8 Å². The first-order chi connectivity index (χ1) is 10.8. The van der Waals surface area contributed by atoms with E-state index in [4.69, 9.17) is 14.2 Å². The number of rotatable bonds is 2. The lowest BCUT2D eigenvalue weighted by Crippen LogP contribution is -2.51. The summed E-state index contributed by atoms with van der Waals surface area (Å²) in [7, 11) is 0. The smallest absolute Gasteiger partial charge is 0.254 e. The van der Waals surface area contributed by atoms with Gasteiger partial charge in [0.1, 0.15) is 0 Å². The number of hydrogen-bond donors (Lipinski definition) is 1. The Kier molecular flexibility index (Phi) is 3.43.